The second kappa shape index (κ2) is 56.4. The lowest BCUT2D eigenvalue weighted by Crippen LogP contribution is -2.30. The van der Waals surface area contributed by atoms with Gasteiger partial charge in [0.25, 0.3) is 0 Å². The highest BCUT2D eigenvalue weighted by atomic mass is 16.6. The second-order valence-corrected chi connectivity index (χ2v) is 18.3. The van der Waals surface area contributed by atoms with E-state index in [1.165, 1.54) is 83.5 Å². The van der Waals surface area contributed by atoms with Crippen LogP contribution in [0.4, 0.5) is 0 Å². The smallest absolute Gasteiger partial charge is 0.306 e. The Morgan fingerprint density at radius 3 is 1.09 bits per heavy atom. The molecule has 0 aliphatic carbocycles. The molecular weight excluding hydrogens is 853 g/mol. The number of allylic oxidation sites excluding steroid dienone is 20. The first kappa shape index (κ1) is 64.8. The first-order valence-corrected chi connectivity index (χ1v) is 28.1. The Hall–Kier alpha value is -4.19. The minimum atomic E-state index is -0.806. The Kier molecular flexibility index (Phi) is 53.0. The van der Waals surface area contributed by atoms with Gasteiger partial charge in [-0.3, -0.25) is 14.4 Å². The maximum atomic E-state index is 12.8. The van der Waals surface area contributed by atoms with E-state index in [9.17, 15) is 14.4 Å². The molecule has 1 unspecified atom stereocenters. The molecule has 1 atom stereocenters. The monoisotopic (exact) mass is 955 g/mol. The molecule has 0 saturated carbocycles. The van der Waals surface area contributed by atoms with Gasteiger partial charge in [-0.15, -0.1) is 0 Å². The summed E-state index contributed by atoms with van der Waals surface area (Å²) in [5, 5.41) is 0. The van der Waals surface area contributed by atoms with Crippen LogP contribution in [0.25, 0.3) is 0 Å². The molecule has 0 radical (unpaired) electrons. The highest BCUT2D eigenvalue weighted by Crippen LogP contribution is 2.14. The fourth-order valence-electron chi connectivity index (χ4n) is 7.36. The average molecular weight is 956 g/mol. The Labute approximate surface area is 424 Å². The maximum absolute atomic E-state index is 12.8. The van der Waals surface area contributed by atoms with Gasteiger partial charge in [0.05, 0.1) is 0 Å². The number of rotatable bonds is 49. The molecule has 0 spiro atoms. The van der Waals surface area contributed by atoms with E-state index in [0.717, 1.165) is 116 Å². The van der Waals surface area contributed by atoms with Crippen molar-refractivity contribution in [3.8, 4) is 0 Å². The van der Waals surface area contributed by atoms with E-state index >= 15 is 0 Å². The molecular formula is C63H102O6. The molecule has 0 fully saturated rings. The summed E-state index contributed by atoms with van der Waals surface area (Å²) in [5.41, 5.74) is 0. The van der Waals surface area contributed by atoms with Crippen LogP contribution >= 0.6 is 0 Å². The predicted octanol–water partition coefficient (Wildman–Crippen LogP) is 18.9. The first-order chi connectivity index (χ1) is 34.0. The topological polar surface area (TPSA) is 78.9 Å². The van der Waals surface area contributed by atoms with Gasteiger partial charge in [-0.1, -0.05) is 245 Å². The van der Waals surface area contributed by atoms with Crippen molar-refractivity contribution < 1.29 is 28.6 Å². The zero-order valence-corrected chi connectivity index (χ0v) is 44.5. The lowest BCUT2D eigenvalue weighted by atomic mass is 10.1. The Bertz CT molecular complexity index is 1470. The summed E-state index contributed by atoms with van der Waals surface area (Å²) in [5.74, 6) is -0.955. The molecule has 390 valence electrons. The standard InChI is InChI=1S/C63H102O6/c1-4-7-10-13-16-19-22-25-28-30-32-34-35-38-41-44-47-50-53-56-62(65)68-59-60(58-67-61(64)55-52-49-46-43-40-37-27-24-21-18-15-12-9-6-3)69-63(66)57-54-51-48-45-42-39-36-33-31-29-26-23-20-17-14-11-8-5-2/h9,11-12,14,16-23,25-27,29,31,33,36-37,60H,4-8,10,13,15,24,28,30,32,34-35,38-59H2,1-3H3/b12-9-,14-11-,19-16-,20-17-,21-18-,25-22-,26-23-,31-29-,36-33-,37-27-. The van der Waals surface area contributed by atoms with Gasteiger partial charge >= 0.3 is 17.9 Å². The molecule has 0 N–H and O–H groups in total. The van der Waals surface area contributed by atoms with Gasteiger partial charge in [0.15, 0.2) is 6.10 Å². The van der Waals surface area contributed by atoms with Crippen LogP contribution in [0, 0.1) is 0 Å². The molecule has 0 rings (SSSR count). The number of esters is 3. The zero-order valence-electron chi connectivity index (χ0n) is 44.5. The van der Waals surface area contributed by atoms with Crippen LogP contribution in [0.5, 0.6) is 0 Å². The predicted molar refractivity (Wildman–Crippen MR) is 297 cm³/mol. The minimum Gasteiger partial charge on any atom is -0.462 e. The van der Waals surface area contributed by atoms with Crippen molar-refractivity contribution in [2.24, 2.45) is 0 Å². The van der Waals surface area contributed by atoms with E-state index < -0.39 is 6.10 Å². The molecule has 69 heavy (non-hydrogen) atoms. The Morgan fingerprint density at radius 1 is 0.319 bits per heavy atom. The van der Waals surface area contributed by atoms with E-state index in [4.69, 9.17) is 14.2 Å². The van der Waals surface area contributed by atoms with Crippen molar-refractivity contribution in [1.29, 1.82) is 0 Å². The molecule has 0 aromatic rings. The average Bonchev–Trinajstić information content (AvgIpc) is 3.35. The maximum Gasteiger partial charge on any atom is 0.306 e. The minimum absolute atomic E-state index is 0.101. The van der Waals surface area contributed by atoms with Gasteiger partial charge < -0.3 is 14.2 Å². The second-order valence-electron chi connectivity index (χ2n) is 18.3. The van der Waals surface area contributed by atoms with Gasteiger partial charge in [-0.05, 0) is 96.3 Å². The van der Waals surface area contributed by atoms with Crippen LogP contribution in [-0.4, -0.2) is 37.2 Å². The molecule has 0 aromatic carbocycles. The summed E-state index contributed by atoms with van der Waals surface area (Å²) in [4.78, 5) is 38.1. The first-order valence-electron chi connectivity index (χ1n) is 28.1. The molecule has 0 bridgehead atoms. The van der Waals surface area contributed by atoms with E-state index in [0.29, 0.717) is 12.8 Å². The number of ether oxygens (including phenoxy) is 3. The Morgan fingerprint density at radius 2 is 0.652 bits per heavy atom. The fourth-order valence-corrected chi connectivity index (χ4v) is 7.36. The van der Waals surface area contributed by atoms with E-state index in [2.05, 4.69) is 118 Å². The third-order valence-corrected chi connectivity index (χ3v) is 11.6. The van der Waals surface area contributed by atoms with Crippen LogP contribution < -0.4 is 0 Å². The van der Waals surface area contributed by atoms with E-state index in [1.54, 1.807) is 0 Å². The zero-order chi connectivity index (χ0) is 50.0. The number of carbonyl (C=O) groups is 3. The van der Waals surface area contributed by atoms with Gasteiger partial charge in [-0.25, -0.2) is 0 Å². The van der Waals surface area contributed by atoms with Crippen molar-refractivity contribution in [3.63, 3.8) is 0 Å². The van der Waals surface area contributed by atoms with Crippen molar-refractivity contribution in [2.45, 2.75) is 245 Å². The SMILES string of the molecule is CC/C=C\C/C=C\C/C=C\CCCCCCC(=O)OCC(COC(=O)CCCCCCCCCCCC/C=C\C=C/CCCCC)OC(=O)CCCCCCC\C=C/C=C\C=C/C=C\C=C/CCC. The fraction of sp³-hybridized carbons (Fsp3) is 0.635. The number of carbonyl (C=O) groups excluding carboxylic acids is 3. The summed E-state index contributed by atoms with van der Waals surface area (Å²) >= 11 is 0. The summed E-state index contributed by atoms with van der Waals surface area (Å²) < 4.78 is 16.8. The van der Waals surface area contributed by atoms with E-state index in [1.807, 2.05) is 24.3 Å². The number of hydrogen-bond donors (Lipinski definition) is 0. The van der Waals surface area contributed by atoms with Crippen LogP contribution in [0.3, 0.4) is 0 Å². The normalized spacial score (nSPS) is 13.0. The number of hydrogen-bond acceptors (Lipinski definition) is 6. The molecule has 0 aromatic heterocycles. The summed E-state index contributed by atoms with van der Waals surface area (Å²) in [6, 6.07) is 0. The Balaban J connectivity index is 4.48. The van der Waals surface area contributed by atoms with E-state index in [-0.39, 0.29) is 37.5 Å². The lowest BCUT2D eigenvalue weighted by molar-refractivity contribution is -0.167. The van der Waals surface area contributed by atoms with Gasteiger partial charge in [0.2, 0.25) is 0 Å². The molecule has 6 nitrogen and oxygen atoms in total. The summed E-state index contributed by atoms with van der Waals surface area (Å²) in [7, 11) is 0. The van der Waals surface area contributed by atoms with Gasteiger partial charge in [-0.2, -0.15) is 0 Å². The van der Waals surface area contributed by atoms with Gasteiger partial charge in [0, 0.05) is 19.3 Å². The largest absolute Gasteiger partial charge is 0.462 e. The van der Waals surface area contributed by atoms with Crippen LogP contribution in [0.1, 0.15) is 239 Å². The molecule has 0 saturated heterocycles. The third-order valence-electron chi connectivity index (χ3n) is 11.6. The third kappa shape index (κ3) is 54.6. The van der Waals surface area contributed by atoms with Crippen molar-refractivity contribution in [3.05, 3.63) is 122 Å². The number of unbranched alkanes of at least 4 members (excludes halogenated alkanes) is 23. The molecule has 0 aliphatic heterocycles. The highest BCUT2D eigenvalue weighted by molar-refractivity contribution is 5.71. The quantitative estimate of drug-likeness (QED) is 0.0199. The van der Waals surface area contributed by atoms with Crippen LogP contribution in [0.15, 0.2) is 122 Å². The highest BCUT2D eigenvalue weighted by Gasteiger charge is 2.19. The molecule has 0 amide bonds. The summed E-state index contributed by atoms with van der Waals surface area (Å²) in [6.45, 7) is 6.36. The van der Waals surface area contributed by atoms with Crippen molar-refractivity contribution >= 4 is 17.9 Å². The lowest BCUT2D eigenvalue weighted by Gasteiger charge is -2.18. The molecule has 6 heteroatoms. The van der Waals surface area contributed by atoms with Gasteiger partial charge in [0.1, 0.15) is 13.2 Å². The molecule has 0 heterocycles. The van der Waals surface area contributed by atoms with Crippen LogP contribution in [0.2, 0.25) is 0 Å². The summed E-state index contributed by atoms with van der Waals surface area (Å²) in [6.07, 6.45) is 77.5. The molecule has 0 aliphatic rings. The van der Waals surface area contributed by atoms with Crippen molar-refractivity contribution in [1.82, 2.24) is 0 Å². The van der Waals surface area contributed by atoms with Crippen molar-refractivity contribution in [2.75, 3.05) is 13.2 Å². The van der Waals surface area contributed by atoms with Crippen LogP contribution in [-0.2, 0) is 28.6 Å².